The number of aryl methyl sites for hydroxylation is 2. The topological polar surface area (TPSA) is 26.8 Å². The molecular formula is C35H49ClFN3O. The molecule has 3 fully saturated rings. The van der Waals surface area contributed by atoms with E-state index in [1.807, 2.05) is 4.90 Å². The standard InChI is InChI=1S/C35H49ClFN3O/c1-3-27-12-13-29(24-28(27)4-2)35(17-23-38-21-14-30(15-22-38)39-18-6-5-7-19-39)16-9-20-40(26-35)34(41)25-31-32(36)10-8-11-33(31)37/h8,10-13,24,30H,3-7,9,14-23,25-26H2,1-2H3. The quantitative estimate of drug-likeness (QED) is 0.317. The lowest BCUT2D eigenvalue weighted by Crippen LogP contribution is -2.51. The fourth-order valence-electron chi connectivity index (χ4n) is 7.69. The van der Waals surface area contributed by atoms with Gasteiger partial charge in [-0.15, -0.1) is 0 Å². The van der Waals surface area contributed by atoms with E-state index in [1.54, 1.807) is 12.1 Å². The van der Waals surface area contributed by atoms with Crippen LogP contribution in [0.3, 0.4) is 0 Å². The lowest BCUT2D eigenvalue weighted by atomic mass is 9.70. The van der Waals surface area contributed by atoms with Crippen LogP contribution in [-0.4, -0.2) is 72.5 Å². The Morgan fingerprint density at radius 1 is 0.951 bits per heavy atom. The van der Waals surface area contributed by atoms with Crippen LogP contribution < -0.4 is 0 Å². The van der Waals surface area contributed by atoms with Crippen molar-refractivity contribution in [3.63, 3.8) is 0 Å². The second-order valence-corrected chi connectivity index (χ2v) is 13.1. The van der Waals surface area contributed by atoms with Gasteiger partial charge in [-0.25, -0.2) is 4.39 Å². The Bertz CT molecular complexity index is 1150. The smallest absolute Gasteiger partial charge is 0.227 e. The molecule has 41 heavy (non-hydrogen) atoms. The fourth-order valence-corrected chi connectivity index (χ4v) is 7.92. The summed E-state index contributed by atoms with van der Waals surface area (Å²) in [5.41, 5.74) is 4.44. The van der Waals surface area contributed by atoms with E-state index in [2.05, 4.69) is 41.8 Å². The van der Waals surface area contributed by atoms with E-state index in [9.17, 15) is 9.18 Å². The average Bonchev–Trinajstić information content (AvgIpc) is 3.02. The molecule has 5 rings (SSSR count). The number of likely N-dealkylation sites (tertiary alicyclic amines) is 3. The van der Waals surface area contributed by atoms with Crippen LogP contribution in [0.2, 0.25) is 5.02 Å². The summed E-state index contributed by atoms with van der Waals surface area (Å²) in [5, 5.41) is 0.331. The summed E-state index contributed by atoms with van der Waals surface area (Å²) in [4.78, 5) is 21.0. The molecule has 0 spiro atoms. The molecule has 1 atom stereocenters. The summed E-state index contributed by atoms with van der Waals surface area (Å²) in [6, 6.07) is 12.5. The van der Waals surface area contributed by atoms with E-state index in [0.717, 1.165) is 51.2 Å². The Morgan fingerprint density at radius 3 is 2.41 bits per heavy atom. The van der Waals surface area contributed by atoms with Gasteiger partial charge >= 0.3 is 0 Å². The van der Waals surface area contributed by atoms with Crippen LogP contribution in [0, 0.1) is 5.82 Å². The molecule has 3 heterocycles. The maximum Gasteiger partial charge on any atom is 0.227 e. The number of benzene rings is 2. The van der Waals surface area contributed by atoms with Crippen molar-refractivity contribution in [2.24, 2.45) is 0 Å². The van der Waals surface area contributed by atoms with Crippen LogP contribution in [-0.2, 0) is 29.5 Å². The van der Waals surface area contributed by atoms with Crippen molar-refractivity contribution in [3.05, 3.63) is 69.5 Å². The Morgan fingerprint density at radius 2 is 1.71 bits per heavy atom. The van der Waals surface area contributed by atoms with Crippen molar-refractivity contribution < 1.29 is 9.18 Å². The summed E-state index contributed by atoms with van der Waals surface area (Å²) < 4.78 is 14.6. The highest BCUT2D eigenvalue weighted by Crippen LogP contribution is 2.39. The molecule has 0 aromatic heterocycles. The first-order chi connectivity index (χ1) is 19.9. The summed E-state index contributed by atoms with van der Waals surface area (Å²) >= 11 is 6.30. The summed E-state index contributed by atoms with van der Waals surface area (Å²) in [7, 11) is 0. The third kappa shape index (κ3) is 7.17. The largest absolute Gasteiger partial charge is 0.342 e. The Labute approximate surface area is 252 Å². The van der Waals surface area contributed by atoms with Crippen molar-refractivity contribution in [3.8, 4) is 0 Å². The van der Waals surface area contributed by atoms with Crippen molar-refractivity contribution in [1.82, 2.24) is 14.7 Å². The number of hydrogen-bond donors (Lipinski definition) is 0. The molecule has 1 unspecified atom stereocenters. The first-order valence-corrected chi connectivity index (χ1v) is 16.6. The summed E-state index contributed by atoms with van der Waals surface area (Å²) in [6.07, 6.45) is 11.8. The van der Waals surface area contributed by atoms with Gasteiger partial charge in [0.2, 0.25) is 5.91 Å². The molecule has 0 N–H and O–H groups in total. The number of carbonyl (C=O) groups excluding carboxylic acids is 1. The highest BCUT2D eigenvalue weighted by molar-refractivity contribution is 6.31. The summed E-state index contributed by atoms with van der Waals surface area (Å²) in [6.45, 7) is 11.8. The minimum Gasteiger partial charge on any atom is -0.342 e. The molecule has 3 saturated heterocycles. The molecule has 0 aliphatic carbocycles. The van der Waals surface area contributed by atoms with E-state index in [0.29, 0.717) is 17.1 Å². The molecule has 3 aliphatic rings. The van der Waals surface area contributed by atoms with E-state index in [4.69, 9.17) is 11.6 Å². The SMILES string of the molecule is CCc1ccc(C2(CCN3CCC(N4CCCCC4)CC3)CCCN(C(=O)Cc3c(F)cccc3Cl)C2)cc1CC. The van der Waals surface area contributed by atoms with Gasteiger partial charge < -0.3 is 14.7 Å². The van der Waals surface area contributed by atoms with Crippen molar-refractivity contribution in [1.29, 1.82) is 0 Å². The van der Waals surface area contributed by atoms with E-state index < -0.39 is 5.82 Å². The van der Waals surface area contributed by atoms with Gasteiger partial charge in [-0.1, -0.05) is 56.1 Å². The van der Waals surface area contributed by atoms with Gasteiger partial charge in [-0.3, -0.25) is 4.79 Å². The van der Waals surface area contributed by atoms with Gasteiger partial charge in [0.05, 0.1) is 6.42 Å². The Kier molecular flexibility index (Phi) is 10.4. The molecule has 6 heteroatoms. The lowest BCUT2D eigenvalue weighted by molar-refractivity contribution is -0.133. The third-order valence-corrected chi connectivity index (χ3v) is 10.6. The second kappa shape index (κ2) is 14.0. The number of hydrogen-bond acceptors (Lipinski definition) is 3. The van der Waals surface area contributed by atoms with Crippen LogP contribution in [0.25, 0.3) is 0 Å². The predicted molar refractivity (Wildman–Crippen MR) is 167 cm³/mol. The predicted octanol–water partition coefficient (Wildman–Crippen LogP) is 7.05. The summed E-state index contributed by atoms with van der Waals surface area (Å²) in [5.74, 6) is -0.422. The third-order valence-electron chi connectivity index (χ3n) is 10.3. The number of halogens is 2. The molecule has 224 valence electrons. The number of amides is 1. The zero-order valence-electron chi connectivity index (χ0n) is 25.3. The maximum atomic E-state index is 14.6. The van der Waals surface area contributed by atoms with Crippen LogP contribution in [0.4, 0.5) is 4.39 Å². The first-order valence-electron chi connectivity index (χ1n) is 16.2. The van der Waals surface area contributed by atoms with E-state index in [-0.39, 0.29) is 17.7 Å². The minimum atomic E-state index is -0.398. The van der Waals surface area contributed by atoms with Crippen molar-refractivity contribution >= 4 is 17.5 Å². The zero-order chi connectivity index (χ0) is 28.8. The fraction of sp³-hybridized carbons (Fsp3) is 0.629. The molecular weight excluding hydrogens is 533 g/mol. The molecule has 3 aliphatic heterocycles. The van der Waals surface area contributed by atoms with Crippen LogP contribution in [0.5, 0.6) is 0 Å². The van der Waals surface area contributed by atoms with Gasteiger partial charge in [0.1, 0.15) is 5.82 Å². The van der Waals surface area contributed by atoms with Gasteiger partial charge in [0.15, 0.2) is 0 Å². The van der Waals surface area contributed by atoms with Gasteiger partial charge in [-0.05, 0) is 119 Å². The van der Waals surface area contributed by atoms with Crippen LogP contribution in [0.1, 0.15) is 87.5 Å². The number of piperidine rings is 3. The monoisotopic (exact) mass is 581 g/mol. The highest BCUT2D eigenvalue weighted by atomic mass is 35.5. The molecule has 4 nitrogen and oxygen atoms in total. The molecule has 0 bridgehead atoms. The molecule has 2 aromatic rings. The number of carbonyl (C=O) groups is 1. The van der Waals surface area contributed by atoms with Crippen LogP contribution in [0.15, 0.2) is 36.4 Å². The molecule has 1 amide bonds. The van der Waals surface area contributed by atoms with E-state index in [1.165, 1.54) is 81.0 Å². The maximum absolute atomic E-state index is 14.6. The normalized spacial score (nSPS) is 23.2. The molecule has 2 aromatic carbocycles. The molecule has 0 saturated carbocycles. The first kappa shape index (κ1) is 30.5. The van der Waals surface area contributed by atoms with Crippen LogP contribution >= 0.6 is 11.6 Å². The Hall–Kier alpha value is -1.95. The van der Waals surface area contributed by atoms with Crippen molar-refractivity contribution in [2.75, 3.05) is 45.8 Å². The Balaban J connectivity index is 1.32. The number of rotatable bonds is 9. The van der Waals surface area contributed by atoms with Gasteiger partial charge in [-0.2, -0.15) is 0 Å². The average molecular weight is 582 g/mol. The van der Waals surface area contributed by atoms with E-state index >= 15 is 0 Å². The van der Waals surface area contributed by atoms with Gasteiger partial charge in [0, 0.05) is 35.1 Å². The highest BCUT2D eigenvalue weighted by Gasteiger charge is 2.39. The lowest BCUT2D eigenvalue weighted by Gasteiger charge is -2.46. The zero-order valence-corrected chi connectivity index (χ0v) is 26.0. The minimum absolute atomic E-state index is 0.0145. The van der Waals surface area contributed by atoms with Gasteiger partial charge in [0.25, 0.3) is 0 Å². The number of nitrogens with zero attached hydrogens (tertiary/aromatic N) is 3. The second-order valence-electron chi connectivity index (χ2n) is 12.7. The molecule has 0 radical (unpaired) electrons. The van der Waals surface area contributed by atoms with Crippen molar-refractivity contribution in [2.45, 2.75) is 95.9 Å².